The van der Waals surface area contributed by atoms with E-state index < -0.39 is 0 Å². The lowest BCUT2D eigenvalue weighted by molar-refractivity contribution is -0.122. The summed E-state index contributed by atoms with van der Waals surface area (Å²) in [5.41, 5.74) is 3.98. The number of rotatable bonds is 10. The zero-order chi connectivity index (χ0) is 25.5. The lowest BCUT2D eigenvalue weighted by atomic mass is 10.1. The van der Waals surface area contributed by atoms with E-state index in [-0.39, 0.29) is 27.8 Å². The number of amides is 1. The number of carbonyl (C=O) groups is 2. The summed E-state index contributed by atoms with van der Waals surface area (Å²) in [6.07, 6.45) is 3.82. The molecule has 0 spiro atoms. The molecule has 0 saturated carbocycles. The van der Waals surface area contributed by atoms with Crippen LogP contribution in [0.4, 0.5) is 17.2 Å². The van der Waals surface area contributed by atoms with Crippen molar-refractivity contribution in [2.45, 2.75) is 13.8 Å². The van der Waals surface area contributed by atoms with Crippen LogP contribution in [0.2, 0.25) is 10.0 Å². The third-order valence-electron chi connectivity index (χ3n) is 5.17. The van der Waals surface area contributed by atoms with Crippen molar-refractivity contribution < 1.29 is 23.8 Å². The highest BCUT2D eigenvalue weighted by Gasteiger charge is 2.22. The van der Waals surface area contributed by atoms with Crippen molar-refractivity contribution in [3.05, 3.63) is 68.8 Å². The van der Waals surface area contributed by atoms with E-state index in [4.69, 9.17) is 37.4 Å². The van der Waals surface area contributed by atoms with E-state index in [0.717, 1.165) is 16.8 Å². The van der Waals surface area contributed by atoms with Gasteiger partial charge in [0.05, 0.1) is 41.2 Å². The molecule has 3 rings (SSSR count). The number of hydrogen-bond donors (Lipinski definition) is 2. The van der Waals surface area contributed by atoms with Gasteiger partial charge in [-0.1, -0.05) is 35.3 Å². The molecule has 10 heteroatoms. The number of nitrogens with one attached hydrogen (secondary N) is 2. The maximum Gasteiger partial charge on any atom is 0.298 e. The number of benzene rings is 2. The SMILES string of the molecule is COc1cc(OC)c(Cl)c(/C(=C/c2cnc(Nc3c(C)cccc3NC=O)cc2C)OC=O)c1Cl. The summed E-state index contributed by atoms with van der Waals surface area (Å²) in [6, 6.07) is 8.90. The molecule has 0 atom stereocenters. The Morgan fingerprint density at radius 2 is 1.69 bits per heavy atom. The standard InChI is InChI=1S/C25H23Cl2N3O5/c1-14-6-5-7-17(29-12-31)25(14)30-21-8-15(2)16(11-28-21)9-18(35-13-32)22-23(26)19(33-3)10-20(34-4)24(22)27/h5-13H,1-4H3,(H,28,30)(H,29,31)/b18-9-. The minimum Gasteiger partial charge on any atom is -0.495 e. The molecule has 1 amide bonds. The fourth-order valence-corrected chi connectivity index (χ4v) is 4.08. The Labute approximate surface area is 212 Å². The van der Waals surface area contributed by atoms with E-state index in [2.05, 4.69) is 15.6 Å². The molecule has 35 heavy (non-hydrogen) atoms. The largest absolute Gasteiger partial charge is 0.495 e. The van der Waals surface area contributed by atoms with Crippen molar-refractivity contribution >= 4 is 65.1 Å². The van der Waals surface area contributed by atoms with Crippen molar-refractivity contribution in [3.8, 4) is 11.5 Å². The molecule has 0 fully saturated rings. The van der Waals surface area contributed by atoms with Crippen molar-refractivity contribution in [2.75, 3.05) is 24.9 Å². The number of aryl methyl sites for hydroxylation is 2. The third kappa shape index (κ3) is 5.67. The number of nitrogens with zero attached hydrogens (tertiary/aromatic N) is 1. The van der Waals surface area contributed by atoms with Crippen molar-refractivity contribution in [1.29, 1.82) is 0 Å². The van der Waals surface area contributed by atoms with E-state index in [9.17, 15) is 9.59 Å². The third-order valence-corrected chi connectivity index (χ3v) is 5.92. The second-order valence-corrected chi connectivity index (χ2v) is 8.07. The molecular weight excluding hydrogens is 493 g/mol. The molecule has 0 bridgehead atoms. The van der Waals surface area contributed by atoms with Gasteiger partial charge in [-0.3, -0.25) is 9.59 Å². The smallest absolute Gasteiger partial charge is 0.298 e. The number of pyridine rings is 1. The molecule has 1 heterocycles. The summed E-state index contributed by atoms with van der Waals surface area (Å²) in [5.74, 6) is 1.25. The summed E-state index contributed by atoms with van der Waals surface area (Å²) in [4.78, 5) is 26.7. The van der Waals surface area contributed by atoms with Crippen LogP contribution in [0.5, 0.6) is 11.5 Å². The Balaban J connectivity index is 2.05. The van der Waals surface area contributed by atoms with Gasteiger partial charge >= 0.3 is 0 Å². The molecule has 0 radical (unpaired) electrons. The van der Waals surface area contributed by atoms with Gasteiger partial charge in [0.2, 0.25) is 6.41 Å². The number of para-hydroxylation sites is 1. The first kappa shape index (κ1) is 25.9. The van der Waals surface area contributed by atoms with Gasteiger partial charge in [-0.15, -0.1) is 0 Å². The van der Waals surface area contributed by atoms with Crippen LogP contribution in [0.3, 0.4) is 0 Å². The van der Waals surface area contributed by atoms with E-state index in [1.54, 1.807) is 24.4 Å². The minimum atomic E-state index is 0.0918. The van der Waals surface area contributed by atoms with Gasteiger partial charge in [0.25, 0.3) is 6.47 Å². The quantitative estimate of drug-likeness (QED) is 0.252. The molecule has 0 aliphatic carbocycles. The summed E-state index contributed by atoms with van der Waals surface area (Å²) in [7, 11) is 2.90. The van der Waals surface area contributed by atoms with Gasteiger partial charge in [0.15, 0.2) is 0 Å². The van der Waals surface area contributed by atoms with Gasteiger partial charge in [0, 0.05) is 12.3 Å². The normalized spacial score (nSPS) is 11.0. The predicted molar refractivity (Wildman–Crippen MR) is 138 cm³/mol. The highest BCUT2D eigenvalue weighted by molar-refractivity contribution is 6.39. The van der Waals surface area contributed by atoms with Crippen LogP contribution in [-0.2, 0) is 14.3 Å². The first-order chi connectivity index (χ1) is 16.8. The molecule has 2 N–H and O–H groups in total. The lowest BCUT2D eigenvalue weighted by Crippen LogP contribution is -2.03. The van der Waals surface area contributed by atoms with Crippen LogP contribution >= 0.6 is 23.2 Å². The Hall–Kier alpha value is -3.75. The molecule has 0 unspecified atom stereocenters. The van der Waals surface area contributed by atoms with Crippen LogP contribution in [0.1, 0.15) is 22.3 Å². The summed E-state index contributed by atoms with van der Waals surface area (Å²) in [5, 5.41) is 6.23. The predicted octanol–water partition coefficient (Wildman–Crippen LogP) is 6.01. The minimum absolute atomic E-state index is 0.0918. The Kier molecular flexibility index (Phi) is 8.57. The topological polar surface area (TPSA) is 98.8 Å². The van der Waals surface area contributed by atoms with Crippen LogP contribution in [0.15, 0.2) is 36.5 Å². The van der Waals surface area contributed by atoms with Gasteiger partial charge in [-0.2, -0.15) is 0 Å². The van der Waals surface area contributed by atoms with E-state index >= 15 is 0 Å². The second-order valence-electron chi connectivity index (χ2n) is 7.32. The Bertz CT molecular complexity index is 1270. The Morgan fingerprint density at radius 3 is 2.26 bits per heavy atom. The van der Waals surface area contributed by atoms with Gasteiger partial charge in [-0.25, -0.2) is 4.98 Å². The van der Waals surface area contributed by atoms with Crippen LogP contribution < -0.4 is 20.1 Å². The fourth-order valence-electron chi connectivity index (χ4n) is 3.39. The Morgan fingerprint density at radius 1 is 1.00 bits per heavy atom. The van der Waals surface area contributed by atoms with Gasteiger partial charge < -0.3 is 24.8 Å². The molecule has 3 aromatic rings. The monoisotopic (exact) mass is 515 g/mol. The number of aromatic nitrogens is 1. The fraction of sp³-hybridized carbons (Fsp3) is 0.160. The zero-order valence-electron chi connectivity index (χ0n) is 19.4. The number of halogens is 2. The second kappa shape index (κ2) is 11.6. The zero-order valence-corrected chi connectivity index (χ0v) is 21.0. The van der Waals surface area contributed by atoms with Crippen molar-refractivity contribution in [2.24, 2.45) is 0 Å². The number of ether oxygens (including phenoxy) is 3. The molecule has 0 saturated heterocycles. The maximum atomic E-state index is 11.3. The highest BCUT2D eigenvalue weighted by Crippen LogP contribution is 2.44. The number of anilines is 3. The van der Waals surface area contributed by atoms with E-state index in [0.29, 0.717) is 35.0 Å². The number of hydrogen-bond acceptors (Lipinski definition) is 7. The average Bonchev–Trinajstić information content (AvgIpc) is 2.83. The summed E-state index contributed by atoms with van der Waals surface area (Å²) >= 11 is 13.0. The summed E-state index contributed by atoms with van der Waals surface area (Å²) < 4.78 is 15.9. The van der Waals surface area contributed by atoms with Crippen molar-refractivity contribution in [1.82, 2.24) is 4.98 Å². The highest BCUT2D eigenvalue weighted by atomic mass is 35.5. The number of methoxy groups -OCH3 is 2. The molecule has 2 aromatic carbocycles. The summed E-state index contributed by atoms with van der Waals surface area (Å²) in [6.45, 7) is 4.07. The average molecular weight is 516 g/mol. The van der Waals surface area contributed by atoms with E-state index in [1.165, 1.54) is 14.2 Å². The molecule has 8 nitrogen and oxygen atoms in total. The molecule has 0 aliphatic rings. The van der Waals surface area contributed by atoms with Crippen LogP contribution in [0.25, 0.3) is 11.8 Å². The van der Waals surface area contributed by atoms with Crippen LogP contribution in [0, 0.1) is 13.8 Å². The first-order valence-electron chi connectivity index (χ1n) is 10.3. The van der Waals surface area contributed by atoms with Crippen molar-refractivity contribution in [3.63, 3.8) is 0 Å². The molecular formula is C25H23Cl2N3O5. The van der Waals surface area contributed by atoms with Crippen LogP contribution in [-0.4, -0.2) is 32.1 Å². The van der Waals surface area contributed by atoms with E-state index in [1.807, 2.05) is 32.0 Å². The maximum absolute atomic E-state index is 11.3. The van der Waals surface area contributed by atoms with Gasteiger partial charge in [-0.05, 0) is 48.7 Å². The molecule has 0 aliphatic heterocycles. The molecule has 1 aromatic heterocycles. The molecule has 182 valence electrons. The first-order valence-corrected chi connectivity index (χ1v) is 11.1. The lowest BCUT2D eigenvalue weighted by Gasteiger charge is -2.16. The number of carbonyl (C=O) groups excluding carboxylic acids is 2. The van der Waals surface area contributed by atoms with Gasteiger partial charge in [0.1, 0.15) is 23.1 Å².